The van der Waals surface area contributed by atoms with Gasteiger partial charge in [-0.25, -0.2) is 0 Å². The fourth-order valence-electron chi connectivity index (χ4n) is 4.21. The van der Waals surface area contributed by atoms with E-state index in [-0.39, 0.29) is 17.5 Å². The molecule has 1 heterocycles. The molecule has 0 amide bonds. The highest BCUT2D eigenvalue weighted by Gasteiger charge is 2.61. The van der Waals surface area contributed by atoms with Crippen LogP contribution in [0.4, 0.5) is 0 Å². The molecule has 2 unspecified atom stereocenters. The summed E-state index contributed by atoms with van der Waals surface area (Å²) in [5.41, 5.74) is 1.71. The average Bonchev–Trinajstić information content (AvgIpc) is 2.53. The van der Waals surface area contributed by atoms with E-state index in [1.807, 2.05) is 0 Å². The fourth-order valence-corrected chi connectivity index (χ4v) is 4.21. The average molecular weight is 250 g/mol. The maximum Gasteiger partial charge on any atom is 0.312 e. The third-order valence-electron chi connectivity index (χ3n) is 5.52. The van der Waals surface area contributed by atoms with Gasteiger partial charge in [0.05, 0.1) is 5.92 Å². The highest BCUT2D eigenvalue weighted by Crippen LogP contribution is 2.56. The van der Waals surface area contributed by atoms with Crippen LogP contribution in [0, 0.1) is 11.3 Å². The smallest absolute Gasteiger partial charge is 0.312 e. The summed E-state index contributed by atoms with van der Waals surface area (Å²) in [4.78, 5) is 11.8. The summed E-state index contributed by atoms with van der Waals surface area (Å²) >= 11 is 0. The second kappa shape index (κ2) is 3.60. The monoisotopic (exact) mass is 250 g/mol. The van der Waals surface area contributed by atoms with E-state index >= 15 is 0 Å². The third-order valence-corrected chi connectivity index (χ3v) is 5.52. The lowest BCUT2D eigenvalue weighted by atomic mass is 9.58. The van der Waals surface area contributed by atoms with Crippen LogP contribution in [0.3, 0.4) is 0 Å². The van der Waals surface area contributed by atoms with Gasteiger partial charge in [-0.3, -0.25) is 4.79 Å². The molecule has 100 valence electrons. The number of aliphatic hydroxyl groups is 1. The maximum atomic E-state index is 11.8. The predicted octanol–water partition coefficient (Wildman–Crippen LogP) is 2.58. The van der Waals surface area contributed by atoms with E-state index in [4.69, 9.17) is 4.74 Å². The first-order valence-corrected chi connectivity index (χ1v) is 7.01. The number of carbonyl (C=O) groups is 1. The zero-order chi connectivity index (χ0) is 13.1. The quantitative estimate of drug-likeness (QED) is 0.531. The van der Waals surface area contributed by atoms with Crippen molar-refractivity contribution in [3.8, 4) is 0 Å². The molecule has 18 heavy (non-hydrogen) atoms. The summed E-state index contributed by atoms with van der Waals surface area (Å²) in [5, 5.41) is 10.8. The molecule has 0 radical (unpaired) electrons. The van der Waals surface area contributed by atoms with Gasteiger partial charge in [-0.2, -0.15) is 0 Å². The Bertz CT molecular complexity index is 439. The molecule has 3 heteroatoms. The minimum Gasteiger partial charge on any atom is -0.454 e. The number of esters is 1. The molecule has 0 aromatic rings. The molecule has 3 nitrogen and oxygen atoms in total. The SMILES string of the molecule is CC1=C2[C@@H]3OC(=O)C(C)C3(O)CC[C@@]2(C)CCC1. The minimum absolute atomic E-state index is 0.129. The summed E-state index contributed by atoms with van der Waals surface area (Å²) < 4.78 is 5.54. The van der Waals surface area contributed by atoms with E-state index in [0.29, 0.717) is 6.42 Å². The molecule has 2 fully saturated rings. The number of allylic oxidation sites excluding steroid dienone is 1. The number of hydrogen-bond acceptors (Lipinski definition) is 3. The highest BCUT2D eigenvalue weighted by molar-refractivity contribution is 5.77. The Balaban J connectivity index is 2.10. The zero-order valence-corrected chi connectivity index (χ0v) is 11.5. The summed E-state index contributed by atoms with van der Waals surface area (Å²) in [6.07, 6.45) is 4.69. The molecule has 1 saturated heterocycles. The van der Waals surface area contributed by atoms with Crippen molar-refractivity contribution in [3.05, 3.63) is 11.1 Å². The highest BCUT2D eigenvalue weighted by atomic mass is 16.6. The standard InChI is InChI=1S/C15H22O3/c1-9-5-4-6-14(3)7-8-15(17)10(2)13(16)18-12(15)11(9)14/h10,12,17H,4-8H2,1-3H3/t10?,12-,14+,15?/m0/s1. The van der Waals surface area contributed by atoms with Gasteiger partial charge >= 0.3 is 5.97 Å². The predicted molar refractivity (Wildman–Crippen MR) is 67.9 cm³/mol. The molecule has 1 saturated carbocycles. The van der Waals surface area contributed by atoms with Gasteiger partial charge in [0.25, 0.3) is 0 Å². The van der Waals surface area contributed by atoms with Crippen molar-refractivity contribution in [2.24, 2.45) is 11.3 Å². The van der Waals surface area contributed by atoms with Crippen LogP contribution in [0.2, 0.25) is 0 Å². The lowest BCUT2D eigenvalue weighted by Gasteiger charge is -2.49. The van der Waals surface area contributed by atoms with Crippen LogP contribution in [0.15, 0.2) is 11.1 Å². The van der Waals surface area contributed by atoms with E-state index in [1.54, 1.807) is 6.92 Å². The largest absolute Gasteiger partial charge is 0.454 e. The number of carbonyl (C=O) groups excluding carboxylic acids is 1. The van der Waals surface area contributed by atoms with Crippen LogP contribution in [-0.2, 0) is 9.53 Å². The molecule has 3 aliphatic rings. The first-order chi connectivity index (χ1) is 8.38. The number of rotatable bonds is 0. The third kappa shape index (κ3) is 1.37. The van der Waals surface area contributed by atoms with E-state index < -0.39 is 11.5 Å². The second-order valence-corrected chi connectivity index (χ2v) is 6.64. The van der Waals surface area contributed by atoms with Gasteiger partial charge < -0.3 is 9.84 Å². The van der Waals surface area contributed by atoms with Crippen molar-refractivity contribution in [2.45, 2.75) is 64.6 Å². The molecule has 0 bridgehead atoms. The van der Waals surface area contributed by atoms with Crippen LogP contribution >= 0.6 is 0 Å². The van der Waals surface area contributed by atoms with Gasteiger partial charge in [0.1, 0.15) is 5.60 Å². The first kappa shape index (κ1) is 12.2. The lowest BCUT2D eigenvalue weighted by Crippen LogP contribution is -2.52. The van der Waals surface area contributed by atoms with E-state index in [1.165, 1.54) is 17.6 Å². The molecule has 0 spiro atoms. The maximum absolute atomic E-state index is 11.8. The molecule has 0 aromatic heterocycles. The van der Waals surface area contributed by atoms with Gasteiger partial charge in [-0.15, -0.1) is 0 Å². The van der Waals surface area contributed by atoms with E-state index in [0.717, 1.165) is 19.3 Å². The van der Waals surface area contributed by atoms with Crippen LogP contribution in [0.25, 0.3) is 0 Å². The molecular formula is C15H22O3. The second-order valence-electron chi connectivity index (χ2n) is 6.64. The summed E-state index contributed by atoms with van der Waals surface area (Å²) in [6, 6.07) is 0. The van der Waals surface area contributed by atoms with Crippen LogP contribution in [0.1, 0.15) is 52.9 Å². The molecule has 0 aromatic carbocycles. The van der Waals surface area contributed by atoms with Gasteiger partial charge in [0, 0.05) is 0 Å². The summed E-state index contributed by atoms with van der Waals surface area (Å²) in [7, 11) is 0. The Labute approximate surface area is 108 Å². The first-order valence-electron chi connectivity index (χ1n) is 7.01. The van der Waals surface area contributed by atoms with Crippen molar-refractivity contribution >= 4 is 5.97 Å². The Morgan fingerprint density at radius 2 is 2.06 bits per heavy atom. The fraction of sp³-hybridized carbons (Fsp3) is 0.800. The van der Waals surface area contributed by atoms with Crippen LogP contribution < -0.4 is 0 Å². The number of fused-ring (bicyclic) bond motifs is 3. The van der Waals surface area contributed by atoms with Gasteiger partial charge in [0.2, 0.25) is 0 Å². The Morgan fingerprint density at radius 1 is 1.33 bits per heavy atom. The van der Waals surface area contributed by atoms with Crippen molar-refractivity contribution < 1.29 is 14.6 Å². The summed E-state index contributed by atoms with van der Waals surface area (Å²) in [6.45, 7) is 6.19. The van der Waals surface area contributed by atoms with Crippen LogP contribution in [-0.4, -0.2) is 22.8 Å². The van der Waals surface area contributed by atoms with Crippen LogP contribution in [0.5, 0.6) is 0 Å². The van der Waals surface area contributed by atoms with Crippen molar-refractivity contribution in [3.63, 3.8) is 0 Å². The molecule has 1 aliphatic heterocycles. The van der Waals surface area contributed by atoms with Crippen molar-refractivity contribution in [2.75, 3.05) is 0 Å². The zero-order valence-electron chi connectivity index (χ0n) is 11.5. The molecule has 3 rings (SSSR count). The molecule has 4 atom stereocenters. The van der Waals surface area contributed by atoms with E-state index in [9.17, 15) is 9.90 Å². The Kier molecular flexibility index (Phi) is 2.44. The minimum atomic E-state index is -0.968. The van der Waals surface area contributed by atoms with Gasteiger partial charge in [0.15, 0.2) is 6.10 Å². The van der Waals surface area contributed by atoms with E-state index in [2.05, 4.69) is 13.8 Å². The van der Waals surface area contributed by atoms with Crippen molar-refractivity contribution in [1.29, 1.82) is 0 Å². The topological polar surface area (TPSA) is 46.5 Å². The molecular weight excluding hydrogens is 228 g/mol. The lowest BCUT2D eigenvalue weighted by molar-refractivity contribution is -0.143. The molecule has 1 N–H and O–H groups in total. The Morgan fingerprint density at radius 3 is 2.78 bits per heavy atom. The van der Waals surface area contributed by atoms with Gasteiger partial charge in [-0.1, -0.05) is 12.5 Å². The molecule has 2 aliphatic carbocycles. The normalized spacial score (nSPS) is 47.7. The number of hydrogen-bond donors (Lipinski definition) is 1. The van der Waals surface area contributed by atoms with Gasteiger partial charge in [-0.05, 0) is 56.9 Å². The van der Waals surface area contributed by atoms with Crippen molar-refractivity contribution in [1.82, 2.24) is 0 Å². The number of ether oxygens (including phenoxy) is 1. The Hall–Kier alpha value is -0.830. The summed E-state index contributed by atoms with van der Waals surface area (Å²) in [5.74, 6) is -0.633.